The van der Waals surface area contributed by atoms with E-state index in [-0.39, 0.29) is 17.6 Å². The van der Waals surface area contributed by atoms with Crippen molar-refractivity contribution in [1.82, 2.24) is 5.32 Å². The van der Waals surface area contributed by atoms with E-state index in [1.54, 1.807) is 0 Å². The minimum atomic E-state index is -0.0579. The van der Waals surface area contributed by atoms with Gasteiger partial charge >= 0.3 is 0 Å². The Kier molecular flexibility index (Phi) is 1.51. The topological polar surface area (TPSA) is 46.2 Å². The quantitative estimate of drug-likeness (QED) is 0.526. The summed E-state index contributed by atoms with van der Waals surface area (Å²) >= 11 is 0. The maximum atomic E-state index is 10.6. The maximum Gasteiger partial charge on any atom is 0.220 e. The zero-order valence-electron chi connectivity index (χ0n) is 5.31. The highest BCUT2D eigenvalue weighted by molar-refractivity contribution is 5.88. The van der Waals surface area contributed by atoms with Gasteiger partial charge in [0, 0.05) is 18.9 Å². The summed E-state index contributed by atoms with van der Waals surface area (Å²) in [6.07, 6.45) is 0.384. The van der Waals surface area contributed by atoms with Crippen LogP contribution in [-0.4, -0.2) is 18.2 Å². The summed E-state index contributed by atoms with van der Waals surface area (Å²) in [5.41, 5.74) is 0. The van der Waals surface area contributed by atoms with E-state index < -0.39 is 0 Å². The zero-order chi connectivity index (χ0) is 6.85. The number of rotatable bonds is 1. The first-order valence-electron chi connectivity index (χ1n) is 2.97. The van der Waals surface area contributed by atoms with E-state index in [0.29, 0.717) is 13.0 Å². The molecule has 1 heterocycles. The fourth-order valence-corrected chi connectivity index (χ4v) is 0.893. The van der Waals surface area contributed by atoms with Gasteiger partial charge in [-0.3, -0.25) is 9.59 Å². The Morgan fingerprint density at radius 3 is 2.67 bits per heavy atom. The van der Waals surface area contributed by atoms with Crippen molar-refractivity contribution in [1.29, 1.82) is 0 Å². The molecule has 0 aliphatic carbocycles. The average molecular weight is 127 g/mol. The normalized spacial score (nSPS) is 25.9. The van der Waals surface area contributed by atoms with Crippen molar-refractivity contribution in [2.24, 2.45) is 5.92 Å². The second kappa shape index (κ2) is 2.17. The van der Waals surface area contributed by atoms with E-state index in [1.165, 1.54) is 6.92 Å². The van der Waals surface area contributed by atoms with Gasteiger partial charge in [-0.15, -0.1) is 0 Å². The summed E-state index contributed by atoms with van der Waals surface area (Å²) in [5, 5.41) is 2.59. The SMILES string of the molecule is CC(=O)C1CNC(=O)C1. The van der Waals surface area contributed by atoms with Gasteiger partial charge in [0.1, 0.15) is 5.78 Å². The lowest BCUT2D eigenvalue weighted by molar-refractivity contribution is -0.123. The van der Waals surface area contributed by atoms with Gasteiger partial charge in [0.2, 0.25) is 5.91 Å². The first-order chi connectivity index (χ1) is 4.20. The fourth-order valence-electron chi connectivity index (χ4n) is 0.893. The molecule has 1 N–H and O–H groups in total. The molecule has 1 atom stereocenters. The highest BCUT2D eigenvalue weighted by Gasteiger charge is 2.24. The third kappa shape index (κ3) is 1.28. The third-order valence-corrected chi connectivity index (χ3v) is 1.55. The number of carbonyl (C=O) groups excluding carboxylic acids is 2. The average Bonchev–Trinajstić information content (AvgIpc) is 2.14. The van der Waals surface area contributed by atoms with Crippen molar-refractivity contribution in [3.8, 4) is 0 Å². The lowest BCUT2D eigenvalue weighted by Gasteiger charge is -1.96. The van der Waals surface area contributed by atoms with Gasteiger partial charge in [-0.2, -0.15) is 0 Å². The lowest BCUT2D eigenvalue weighted by atomic mass is 10.1. The van der Waals surface area contributed by atoms with Gasteiger partial charge in [0.15, 0.2) is 0 Å². The standard InChI is InChI=1S/C6H9NO2/c1-4(8)5-2-6(9)7-3-5/h5H,2-3H2,1H3,(H,7,9). The molecule has 1 aliphatic heterocycles. The molecule has 0 aromatic heterocycles. The van der Waals surface area contributed by atoms with Crippen LogP contribution in [0.5, 0.6) is 0 Å². The summed E-state index contributed by atoms with van der Waals surface area (Å²) in [6.45, 7) is 2.05. The van der Waals surface area contributed by atoms with Crippen molar-refractivity contribution in [2.45, 2.75) is 13.3 Å². The molecule has 3 heteroatoms. The van der Waals surface area contributed by atoms with Crippen molar-refractivity contribution >= 4 is 11.7 Å². The number of amides is 1. The molecule has 1 amide bonds. The molecule has 0 aromatic rings. The summed E-state index contributed by atoms with van der Waals surface area (Å²) < 4.78 is 0. The Balaban J connectivity index is 2.48. The lowest BCUT2D eigenvalue weighted by Crippen LogP contribution is -2.16. The predicted octanol–water partition coefficient (Wildman–Crippen LogP) is -0.288. The van der Waals surface area contributed by atoms with Crippen LogP contribution in [0, 0.1) is 5.92 Å². The molecule has 9 heavy (non-hydrogen) atoms. The summed E-state index contributed by atoms with van der Waals surface area (Å²) in [6, 6.07) is 0. The van der Waals surface area contributed by atoms with E-state index >= 15 is 0 Å². The highest BCUT2D eigenvalue weighted by Crippen LogP contribution is 2.08. The molecule has 3 nitrogen and oxygen atoms in total. The van der Waals surface area contributed by atoms with Crippen LogP contribution in [0.4, 0.5) is 0 Å². The van der Waals surface area contributed by atoms with Crippen molar-refractivity contribution in [3.63, 3.8) is 0 Å². The van der Waals surface area contributed by atoms with Gasteiger partial charge in [0.25, 0.3) is 0 Å². The second-order valence-electron chi connectivity index (χ2n) is 2.32. The minimum Gasteiger partial charge on any atom is -0.355 e. The Morgan fingerprint density at radius 1 is 1.78 bits per heavy atom. The van der Waals surface area contributed by atoms with Crippen LogP contribution >= 0.6 is 0 Å². The fraction of sp³-hybridized carbons (Fsp3) is 0.667. The molecular formula is C6H9NO2. The van der Waals surface area contributed by atoms with Gasteiger partial charge in [-0.1, -0.05) is 0 Å². The smallest absolute Gasteiger partial charge is 0.220 e. The molecule has 0 aromatic carbocycles. The molecule has 0 radical (unpaired) electrons. The molecule has 0 bridgehead atoms. The first kappa shape index (κ1) is 6.26. The summed E-state index contributed by atoms with van der Waals surface area (Å²) in [4.78, 5) is 21.1. The van der Waals surface area contributed by atoms with E-state index in [4.69, 9.17) is 0 Å². The van der Waals surface area contributed by atoms with E-state index in [1.807, 2.05) is 0 Å². The van der Waals surface area contributed by atoms with Gasteiger partial charge in [-0.05, 0) is 6.92 Å². The Hall–Kier alpha value is -0.860. The van der Waals surface area contributed by atoms with Gasteiger partial charge < -0.3 is 5.32 Å². The van der Waals surface area contributed by atoms with E-state index in [0.717, 1.165) is 0 Å². The molecule has 1 aliphatic rings. The molecule has 1 saturated heterocycles. The van der Waals surface area contributed by atoms with E-state index in [9.17, 15) is 9.59 Å². The van der Waals surface area contributed by atoms with Crippen LogP contribution in [0.3, 0.4) is 0 Å². The Morgan fingerprint density at radius 2 is 2.44 bits per heavy atom. The van der Waals surface area contributed by atoms with Crippen LogP contribution < -0.4 is 5.32 Å². The van der Waals surface area contributed by atoms with Gasteiger partial charge in [-0.25, -0.2) is 0 Å². The molecule has 0 saturated carbocycles. The highest BCUT2D eigenvalue weighted by atomic mass is 16.2. The first-order valence-corrected chi connectivity index (χ1v) is 2.97. The summed E-state index contributed by atoms with van der Waals surface area (Å²) in [7, 11) is 0. The largest absolute Gasteiger partial charge is 0.355 e. The van der Waals surface area contributed by atoms with Gasteiger partial charge in [0.05, 0.1) is 0 Å². The van der Waals surface area contributed by atoms with Crippen LogP contribution in [-0.2, 0) is 9.59 Å². The molecule has 1 rings (SSSR count). The molecule has 1 unspecified atom stereocenters. The molecular weight excluding hydrogens is 118 g/mol. The summed E-state index contributed by atoms with van der Waals surface area (Å²) in [5.74, 6) is 0.0426. The third-order valence-electron chi connectivity index (χ3n) is 1.55. The van der Waals surface area contributed by atoms with E-state index in [2.05, 4.69) is 5.32 Å². The zero-order valence-corrected chi connectivity index (χ0v) is 5.31. The number of hydrogen-bond donors (Lipinski definition) is 1. The minimum absolute atomic E-state index is 0.00444. The maximum absolute atomic E-state index is 10.6. The second-order valence-corrected chi connectivity index (χ2v) is 2.32. The predicted molar refractivity (Wildman–Crippen MR) is 31.8 cm³/mol. The number of ketones is 1. The van der Waals surface area contributed by atoms with Crippen LogP contribution in [0.25, 0.3) is 0 Å². The number of hydrogen-bond acceptors (Lipinski definition) is 2. The van der Waals surface area contributed by atoms with Crippen molar-refractivity contribution < 1.29 is 9.59 Å². The Labute approximate surface area is 53.4 Å². The van der Waals surface area contributed by atoms with Crippen LogP contribution in [0.15, 0.2) is 0 Å². The molecule has 1 fully saturated rings. The molecule has 50 valence electrons. The van der Waals surface area contributed by atoms with Crippen molar-refractivity contribution in [3.05, 3.63) is 0 Å². The number of carbonyl (C=O) groups is 2. The Bertz CT molecular complexity index is 153. The van der Waals surface area contributed by atoms with Crippen molar-refractivity contribution in [2.75, 3.05) is 6.54 Å². The van der Waals surface area contributed by atoms with Crippen LogP contribution in [0.1, 0.15) is 13.3 Å². The monoisotopic (exact) mass is 127 g/mol. The molecule has 0 spiro atoms. The number of nitrogens with one attached hydrogen (secondary N) is 1. The van der Waals surface area contributed by atoms with Crippen LogP contribution in [0.2, 0.25) is 0 Å². The number of Topliss-reactive ketones (excluding diaryl/α,β-unsaturated/α-hetero) is 1.